The number of nitrogens with one attached hydrogen (secondary N) is 3. The van der Waals surface area contributed by atoms with Crippen LogP contribution in [0.15, 0.2) is 54.6 Å². The van der Waals surface area contributed by atoms with Crippen LogP contribution in [0, 0.1) is 12.3 Å². The van der Waals surface area contributed by atoms with Gasteiger partial charge in [0.15, 0.2) is 0 Å². The highest BCUT2D eigenvalue weighted by molar-refractivity contribution is 5.95. The van der Waals surface area contributed by atoms with Crippen LogP contribution >= 0.6 is 0 Å². The predicted octanol–water partition coefficient (Wildman–Crippen LogP) is 1.93. The Bertz CT molecular complexity index is 841. The van der Waals surface area contributed by atoms with Crippen molar-refractivity contribution >= 4 is 23.4 Å². The first kappa shape index (κ1) is 19.7. The molecule has 0 atom stereocenters. The Labute approximate surface area is 158 Å². The summed E-state index contributed by atoms with van der Waals surface area (Å²) in [5.74, 6) is 1.72. The summed E-state index contributed by atoms with van der Waals surface area (Å²) in [6, 6.07) is 15.8. The summed E-state index contributed by atoms with van der Waals surface area (Å²) in [6.45, 7) is 0.252. The van der Waals surface area contributed by atoms with Crippen molar-refractivity contribution in [3.05, 3.63) is 65.7 Å². The Kier molecular flexibility index (Phi) is 7.61. The SMILES string of the molecule is C#Cc1cccc(NC(=O)CNC(=O)CCCNC(=O)c2ccccc2)c1. The molecule has 0 radical (unpaired) electrons. The van der Waals surface area contributed by atoms with Crippen molar-refractivity contribution in [1.29, 1.82) is 0 Å². The van der Waals surface area contributed by atoms with E-state index in [0.717, 1.165) is 0 Å². The number of benzene rings is 2. The lowest BCUT2D eigenvalue weighted by atomic mass is 10.2. The summed E-state index contributed by atoms with van der Waals surface area (Å²) in [7, 11) is 0. The van der Waals surface area contributed by atoms with Crippen molar-refractivity contribution < 1.29 is 14.4 Å². The summed E-state index contributed by atoms with van der Waals surface area (Å²) < 4.78 is 0. The zero-order chi connectivity index (χ0) is 19.5. The highest BCUT2D eigenvalue weighted by atomic mass is 16.2. The van der Waals surface area contributed by atoms with E-state index in [9.17, 15) is 14.4 Å². The molecule has 0 fully saturated rings. The summed E-state index contributed by atoms with van der Waals surface area (Å²) in [5, 5.41) is 7.96. The van der Waals surface area contributed by atoms with E-state index in [4.69, 9.17) is 6.42 Å². The number of anilines is 1. The minimum Gasteiger partial charge on any atom is -0.352 e. The Hall–Kier alpha value is -3.59. The van der Waals surface area contributed by atoms with Crippen molar-refractivity contribution in [2.45, 2.75) is 12.8 Å². The van der Waals surface area contributed by atoms with Crippen LogP contribution in [0.2, 0.25) is 0 Å². The van der Waals surface area contributed by atoms with E-state index >= 15 is 0 Å². The third-order valence-electron chi connectivity index (χ3n) is 3.66. The molecule has 0 bridgehead atoms. The Balaban J connectivity index is 1.62. The number of carbonyl (C=O) groups is 3. The van der Waals surface area contributed by atoms with Gasteiger partial charge < -0.3 is 16.0 Å². The van der Waals surface area contributed by atoms with Crippen LogP contribution in [0.5, 0.6) is 0 Å². The monoisotopic (exact) mass is 363 g/mol. The van der Waals surface area contributed by atoms with E-state index in [0.29, 0.717) is 29.8 Å². The van der Waals surface area contributed by atoms with Crippen LogP contribution in [0.3, 0.4) is 0 Å². The second-order valence-electron chi connectivity index (χ2n) is 5.78. The van der Waals surface area contributed by atoms with E-state index in [1.807, 2.05) is 6.07 Å². The molecule has 3 N–H and O–H groups in total. The molecular weight excluding hydrogens is 342 g/mol. The molecule has 0 heterocycles. The molecule has 0 saturated carbocycles. The van der Waals surface area contributed by atoms with Crippen LogP contribution < -0.4 is 16.0 Å². The van der Waals surface area contributed by atoms with Gasteiger partial charge in [0.2, 0.25) is 11.8 Å². The van der Waals surface area contributed by atoms with Crippen LogP contribution in [0.1, 0.15) is 28.8 Å². The molecule has 0 aliphatic carbocycles. The van der Waals surface area contributed by atoms with Gasteiger partial charge in [-0.15, -0.1) is 6.42 Å². The Morgan fingerprint density at radius 3 is 2.44 bits per heavy atom. The van der Waals surface area contributed by atoms with Crippen LogP contribution in [0.25, 0.3) is 0 Å². The lowest BCUT2D eigenvalue weighted by Crippen LogP contribution is -2.33. The van der Waals surface area contributed by atoms with Gasteiger partial charge in [0.25, 0.3) is 5.91 Å². The number of rotatable bonds is 8. The lowest BCUT2D eigenvalue weighted by Gasteiger charge is -2.08. The van der Waals surface area contributed by atoms with Gasteiger partial charge in [-0.3, -0.25) is 14.4 Å². The third kappa shape index (κ3) is 7.04. The molecule has 6 heteroatoms. The van der Waals surface area contributed by atoms with Crippen molar-refractivity contribution in [3.8, 4) is 12.3 Å². The Morgan fingerprint density at radius 2 is 1.70 bits per heavy atom. The van der Waals surface area contributed by atoms with Gasteiger partial charge in [0.1, 0.15) is 0 Å². The smallest absolute Gasteiger partial charge is 0.251 e. The summed E-state index contributed by atoms with van der Waals surface area (Å²) in [5.41, 5.74) is 1.82. The first-order chi connectivity index (χ1) is 13.1. The van der Waals surface area contributed by atoms with Crippen molar-refractivity contribution in [2.75, 3.05) is 18.4 Å². The molecule has 0 saturated heterocycles. The second-order valence-corrected chi connectivity index (χ2v) is 5.78. The fourth-order valence-corrected chi connectivity index (χ4v) is 2.30. The molecule has 2 aromatic rings. The summed E-state index contributed by atoms with van der Waals surface area (Å²) >= 11 is 0. The minimum atomic E-state index is -0.338. The normalized spacial score (nSPS) is 9.74. The molecule has 2 rings (SSSR count). The molecule has 0 aliphatic heterocycles. The van der Waals surface area contributed by atoms with Crippen LogP contribution in [-0.4, -0.2) is 30.8 Å². The molecule has 0 aliphatic rings. The molecule has 0 unspecified atom stereocenters. The number of carbonyl (C=O) groups excluding carboxylic acids is 3. The van der Waals surface area contributed by atoms with Gasteiger partial charge >= 0.3 is 0 Å². The first-order valence-corrected chi connectivity index (χ1v) is 8.55. The van der Waals surface area contributed by atoms with Gasteiger partial charge in [-0.2, -0.15) is 0 Å². The van der Waals surface area contributed by atoms with Crippen LogP contribution in [0.4, 0.5) is 5.69 Å². The Morgan fingerprint density at radius 1 is 0.926 bits per heavy atom. The lowest BCUT2D eigenvalue weighted by molar-refractivity contribution is -0.124. The van der Waals surface area contributed by atoms with E-state index in [-0.39, 0.29) is 30.7 Å². The maximum Gasteiger partial charge on any atom is 0.251 e. The quantitative estimate of drug-likeness (QED) is 0.495. The molecule has 6 nitrogen and oxygen atoms in total. The maximum atomic E-state index is 11.9. The van der Waals surface area contributed by atoms with Gasteiger partial charge in [0, 0.05) is 29.8 Å². The summed E-state index contributed by atoms with van der Waals surface area (Å²) in [4.78, 5) is 35.5. The average molecular weight is 363 g/mol. The average Bonchev–Trinajstić information content (AvgIpc) is 2.70. The molecular formula is C21H21N3O3. The second kappa shape index (κ2) is 10.4. The number of hydrogen-bond donors (Lipinski definition) is 3. The van der Waals surface area contributed by atoms with Gasteiger partial charge in [-0.25, -0.2) is 0 Å². The van der Waals surface area contributed by atoms with Crippen molar-refractivity contribution in [3.63, 3.8) is 0 Å². The predicted molar refractivity (Wildman–Crippen MR) is 104 cm³/mol. The fourth-order valence-electron chi connectivity index (χ4n) is 2.30. The molecule has 3 amide bonds. The van der Waals surface area contributed by atoms with Crippen molar-refractivity contribution in [2.24, 2.45) is 0 Å². The van der Waals surface area contributed by atoms with Crippen molar-refractivity contribution in [1.82, 2.24) is 10.6 Å². The zero-order valence-electron chi connectivity index (χ0n) is 14.8. The molecule has 2 aromatic carbocycles. The van der Waals surface area contributed by atoms with E-state index in [1.54, 1.807) is 48.5 Å². The van der Waals surface area contributed by atoms with Gasteiger partial charge in [-0.1, -0.05) is 30.2 Å². The van der Waals surface area contributed by atoms with E-state index < -0.39 is 0 Å². The zero-order valence-corrected chi connectivity index (χ0v) is 14.8. The van der Waals surface area contributed by atoms with E-state index in [1.165, 1.54) is 0 Å². The topological polar surface area (TPSA) is 87.3 Å². The highest BCUT2D eigenvalue weighted by Gasteiger charge is 2.07. The number of terminal acetylenes is 1. The largest absolute Gasteiger partial charge is 0.352 e. The molecule has 27 heavy (non-hydrogen) atoms. The molecule has 0 aromatic heterocycles. The fraction of sp³-hybridized carbons (Fsp3) is 0.190. The first-order valence-electron chi connectivity index (χ1n) is 8.55. The maximum absolute atomic E-state index is 11.9. The molecule has 138 valence electrons. The third-order valence-corrected chi connectivity index (χ3v) is 3.66. The van der Waals surface area contributed by atoms with Gasteiger partial charge in [-0.05, 0) is 36.8 Å². The highest BCUT2D eigenvalue weighted by Crippen LogP contribution is 2.09. The van der Waals surface area contributed by atoms with Crippen LogP contribution in [-0.2, 0) is 9.59 Å². The molecule has 0 spiro atoms. The summed E-state index contributed by atoms with van der Waals surface area (Å²) in [6.07, 6.45) is 6.01. The standard InChI is InChI=1S/C21H21N3O3/c1-2-16-8-6-11-18(14-16)24-20(26)15-23-19(25)12-7-13-22-21(27)17-9-4-3-5-10-17/h1,3-6,8-11,14H,7,12-13,15H2,(H,22,27)(H,23,25)(H,24,26). The van der Waals surface area contributed by atoms with E-state index in [2.05, 4.69) is 21.9 Å². The number of hydrogen-bond acceptors (Lipinski definition) is 3. The van der Waals surface area contributed by atoms with Gasteiger partial charge in [0.05, 0.1) is 6.54 Å². The number of amides is 3. The minimum absolute atomic E-state index is 0.129.